The first-order chi connectivity index (χ1) is 12.3. The molecule has 0 bridgehead atoms. The van der Waals surface area contributed by atoms with Gasteiger partial charge in [0.05, 0.1) is 13.7 Å². The van der Waals surface area contributed by atoms with E-state index in [4.69, 9.17) is 4.74 Å². The summed E-state index contributed by atoms with van der Waals surface area (Å²) in [5.41, 5.74) is 2.78. The standard InChI is InChI=1S/C19H20N4O2/c1-25-18-5-3-2-4-16(18)10-11-21-19(24)17-8-6-15(7-9-17)12-23-14-20-13-22-23/h2-9,13-14H,10-12H2,1H3,(H,21,24). The van der Waals surface area contributed by atoms with E-state index in [2.05, 4.69) is 15.4 Å². The van der Waals surface area contributed by atoms with Crippen molar-refractivity contribution in [2.75, 3.05) is 13.7 Å². The van der Waals surface area contributed by atoms with Crippen molar-refractivity contribution in [3.8, 4) is 5.75 Å². The van der Waals surface area contributed by atoms with Crippen LogP contribution in [0.1, 0.15) is 21.5 Å². The smallest absolute Gasteiger partial charge is 0.251 e. The fraction of sp³-hybridized carbons (Fsp3) is 0.211. The maximum Gasteiger partial charge on any atom is 0.251 e. The molecule has 0 fully saturated rings. The van der Waals surface area contributed by atoms with E-state index in [0.29, 0.717) is 18.7 Å². The number of hydrogen-bond donors (Lipinski definition) is 1. The molecule has 0 atom stereocenters. The highest BCUT2D eigenvalue weighted by molar-refractivity contribution is 5.94. The van der Waals surface area contributed by atoms with Crippen LogP contribution in [0.5, 0.6) is 5.75 Å². The third-order valence-electron chi connectivity index (χ3n) is 3.90. The number of carbonyl (C=O) groups excluding carboxylic acids is 1. The van der Waals surface area contributed by atoms with Crippen LogP contribution in [-0.2, 0) is 13.0 Å². The van der Waals surface area contributed by atoms with Crippen molar-refractivity contribution in [3.63, 3.8) is 0 Å². The summed E-state index contributed by atoms with van der Waals surface area (Å²) >= 11 is 0. The molecule has 3 aromatic rings. The normalized spacial score (nSPS) is 10.4. The van der Waals surface area contributed by atoms with Crippen molar-refractivity contribution in [2.45, 2.75) is 13.0 Å². The zero-order valence-electron chi connectivity index (χ0n) is 14.1. The van der Waals surface area contributed by atoms with E-state index in [-0.39, 0.29) is 5.91 Å². The number of amides is 1. The molecule has 3 rings (SSSR count). The fourth-order valence-electron chi connectivity index (χ4n) is 2.59. The van der Waals surface area contributed by atoms with Gasteiger partial charge in [0.25, 0.3) is 5.91 Å². The van der Waals surface area contributed by atoms with Crippen LogP contribution >= 0.6 is 0 Å². The van der Waals surface area contributed by atoms with Crippen molar-refractivity contribution in [3.05, 3.63) is 77.9 Å². The summed E-state index contributed by atoms with van der Waals surface area (Å²) < 4.78 is 7.06. The Morgan fingerprint density at radius 2 is 1.96 bits per heavy atom. The van der Waals surface area contributed by atoms with Gasteiger partial charge in [-0.25, -0.2) is 9.67 Å². The Kier molecular flexibility index (Phi) is 5.41. The molecule has 2 aromatic carbocycles. The number of ether oxygens (including phenoxy) is 1. The van der Waals surface area contributed by atoms with Gasteiger partial charge in [0.2, 0.25) is 0 Å². The van der Waals surface area contributed by atoms with Crippen molar-refractivity contribution in [1.82, 2.24) is 20.1 Å². The van der Waals surface area contributed by atoms with Crippen molar-refractivity contribution < 1.29 is 9.53 Å². The van der Waals surface area contributed by atoms with Gasteiger partial charge in [-0.3, -0.25) is 4.79 Å². The average Bonchev–Trinajstić information content (AvgIpc) is 3.15. The lowest BCUT2D eigenvalue weighted by atomic mass is 10.1. The molecule has 0 aliphatic carbocycles. The number of rotatable bonds is 7. The lowest BCUT2D eigenvalue weighted by Gasteiger charge is -2.09. The number of aromatic nitrogens is 3. The number of para-hydroxylation sites is 1. The molecule has 0 saturated carbocycles. The Morgan fingerprint density at radius 1 is 1.16 bits per heavy atom. The largest absolute Gasteiger partial charge is 0.496 e. The number of methoxy groups -OCH3 is 1. The molecule has 0 spiro atoms. The van der Waals surface area contributed by atoms with Crippen molar-refractivity contribution >= 4 is 5.91 Å². The van der Waals surface area contributed by atoms with E-state index in [1.165, 1.54) is 6.33 Å². The predicted octanol–water partition coefficient (Wildman–Crippen LogP) is 2.31. The van der Waals surface area contributed by atoms with Crippen LogP contribution in [0.15, 0.2) is 61.2 Å². The van der Waals surface area contributed by atoms with E-state index in [0.717, 1.165) is 23.3 Å². The van der Waals surface area contributed by atoms with Crippen LogP contribution in [0.4, 0.5) is 0 Å². The highest BCUT2D eigenvalue weighted by Gasteiger charge is 2.07. The molecule has 0 unspecified atom stereocenters. The number of nitrogens with zero attached hydrogens (tertiary/aromatic N) is 3. The van der Waals surface area contributed by atoms with Crippen LogP contribution in [0.2, 0.25) is 0 Å². The highest BCUT2D eigenvalue weighted by atomic mass is 16.5. The molecule has 25 heavy (non-hydrogen) atoms. The van der Waals surface area contributed by atoms with Crippen molar-refractivity contribution in [2.24, 2.45) is 0 Å². The van der Waals surface area contributed by atoms with Crippen LogP contribution in [0.25, 0.3) is 0 Å². The maximum absolute atomic E-state index is 12.2. The predicted molar refractivity (Wildman–Crippen MR) is 94.6 cm³/mol. The van der Waals surface area contributed by atoms with Gasteiger partial charge in [-0.15, -0.1) is 0 Å². The summed E-state index contributed by atoms with van der Waals surface area (Å²) in [4.78, 5) is 16.2. The van der Waals surface area contributed by atoms with Gasteiger partial charge >= 0.3 is 0 Å². The molecule has 0 saturated heterocycles. The van der Waals surface area contributed by atoms with Crippen LogP contribution < -0.4 is 10.1 Å². The van der Waals surface area contributed by atoms with E-state index in [9.17, 15) is 4.79 Å². The third-order valence-corrected chi connectivity index (χ3v) is 3.90. The lowest BCUT2D eigenvalue weighted by molar-refractivity contribution is 0.0954. The molecular weight excluding hydrogens is 316 g/mol. The Labute approximate surface area is 146 Å². The molecule has 0 radical (unpaired) electrons. The first-order valence-corrected chi connectivity index (χ1v) is 8.07. The summed E-state index contributed by atoms with van der Waals surface area (Å²) in [5.74, 6) is 0.761. The van der Waals surface area contributed by atoms with E-state index in [1.54, 1.807) is 18.1 Å². The molecule has 1 N–H and O–H groups in total. The van der Waals surface area contributed by atoms with Gasteiger partial charge < -0.3 is 10.1 Å². The average molecular weight is 336 g/mol. The first kappa shape index (κ1) is 16.7. The summed E-state index contributed by atoms with van der Waals surface area (Å²) in [5, 5.41) is 7.01. The molecule has 6 nitrogen and oxygen atoms in total. The third kappa shape index (κ3) is 4.44. The van der Waals surface area contributed by atoms with Crippen LogP contribution in [0, 0.1) is 0 Å². The molecular formula is C19H20N4O2. The Balaban J connectivity index is 1.52. The zero-order chi connectivity index (χ0) is 17.5. The molecule has 1 aromatic heterocycles. The first-order valence-electron chi connectivity index (χ1n) is 8.07. The van der Waals surface area contributed by atoms with Crippen LogP contribution in [0.3, 0.4) is 0 Å². The minimum atomic E-state index is -0.0813. The monoisotopic (exact) mass is 336 g/mol. The number of carbonyl (C=O) groups is 1. The summed E-state index contributed by atoms with van der Waals surface area (Å²) in [6, 6.07) is 15.3. The van der Waals surface area contributed by atoms with E-state index in [1.807, 2.05) is 48.5 Å². The van der Waals surface area contributed by atoms with Gasteiger partial charge in [-0.2, -0.15) is 5.10 Å². The van der Waals surface area contributed by atoms with Gasteiger partial charge in [0.15, 0.2) is 0 Å². The molecule has 0 aliphatic rings. The topological polar surface area (TPSA) is 69.0 Å². The second-order valence-corrected chi connectivity index (χ2v) is 5.61. The number of nitrogens with one attached hydrogen (secondary N) is 1. The summed E-state index contributed by atoms with van der Waals surface area (Å²) in [6.45, 7) is 1.19. The minimum absolute atomic E-state index is 0.0813. The Morgan fingerprint density at radius 3 is 2.68 bits per heavy atom. The Bertz CT molecular complexity index is 814. The molecule has 1 heterocycles. The molecule has 6 heteroatoms. The molecule has 128 valence electrons. The van der Waals surface area contributed by atoms with E-state index >= 15 is 0 Å². The van der Waals surface area contributed by atoms with Crippen molar-refractivity contribution in [1.29, 1.82) is 0 Å². The number of benzene rings is 2. The summed E-state index contributed by atoms with van der Waals surface area (Å²) in [6.07, 6.45) is 3.89. The fourth-order valence-corrected chi connectivity index (χ4v) is 2.59. The van der Waals surface area contributed by atoms with E-state index < -0.39 is 0 Å². The van der Waals surface area contributed by atoms with Gasteiger partial charge in [0.1, 0.15) is 18.4 Å². The second-order valence-electron chi connectivity index (χ2n) is 5.61. The van der Waals surface area contributed by atoms with Crippen LogP contribution in [-0.4, -0.2) is 34.3 Å². The zero-order valence-corrected chi connectivity index (χ0v) is 14.1. The summed E-state index contributed by atoms with van der Waals surface area (Å²) in [7, 11) is 1.65. The van der Waals surface area contributed by atoms with Gasteiger partial charge in [0, 0.05) is 12.1 Å². The van der Waals surface area contributed by atoms with Gasteiger partial charge in [-0.1, -0.05) is 30.3 Å². The maximum atomic E-state index is 12.2. The Hall–Kier alpha value is -3.15. The molecule has 0 aliphatic heterocycles. The SMILES string of the molecule is COc1ccccc1CCNC(=O)c1ccc(Cn2cncn2)cc1. The minimum Gasteiger partial charge on any atom is -0.496 e. The second kappa shape index (κ2) is 8.10. The molecule has 1 amide bonds. The van der Waals surface area contributed by atoms with Gasteiger partial charge in [-0.05, 0) is 35.7 Å². The quantitative estimate of drug-likeness (QED) is 0.719. The highest BCUT2D eigenvalue weighted by Crippen LogP contribution is 2.17. The lowest BCUT2D eigenvalue weighted by Crippen LogP contribution is -2.25. The number of hydrogen-bond acceptors (Lipinski definition) is 4.